The van der Waals surface area contributed by atoms with E-state index in [1.54, 1.807) is 0 Å². The third kappa shape index (κ3) is 1.95. The van der Waals surface area contributed by atoms with Gasteiger partial charge in [-0.3, -0.25) is 10.1 Å². The first-order valence-electron chi connectivity index (χ1n) is 6.55. The Labute approximate surface area is 112 Å². The highest BCUT2D eigenvalue weighted by Gasteiger charge is 2.47. The summed E-state index contributed by atoms with van der Waals surface area (Å²) in [5.74, 6) is -0.179. The van der Waals surface area contributed by atoms with E-state index in [0.717, 1.165) is 13.1 Å². The molecule has 2 heterocycles. The zero-order valence-electron chi connectivity index (χ0n) is 10.9. The molecule has 3 amide bonds. The van der Waals surface area contributed by atoms with E-state index in [-0.39, 0.29) is 11.9 Å². The lowest BCUT2D eigenvalue weighted by Gasteiger charge is -2.38. The number of anilines is 1. The highest BCUT2D eigenvalue weighted by molar-refractivity contribution is 6.07. The van der Waals surface area contributed by atoms with Gasteiger partial charge in [0.2, 0.25) is 0 Å². The average Bonchev–Trinajstić information content (AvgIpc) is 2.66. The van der Waals surface area contributed by atoms with Crippen molar-refractivity contribution in [1.29, 1.82) is 0 Å². The van der Waals surface area contributed by atoms with Crippen LogP contribution in [0.25, 0.3) is 0 Å². The van der Waals surface area contributed by atoms with Crippen LogP contribution in [0, 0.1) is 6.92 Å². The molecule has 3 rings (SSSR count). The third-order valence-corrected chi connectivity index (χ3v) is 4.09. The number of para-hydroxylation sites is 1. The van der Waals surface area contributed by atoms with Gasteiger partial charge in [0.25, 0.3) is 5.91 Å². The van der Waals surface area contributed by atoms with Gasteiger partial charge < -0.3 is 10.2 Å². The summed E-state index contributed by atoms with van der Waals surface area (Å²) >= 11 is 0. The number of amides is 3. The van der Waals surface area contributed by atoms with E-state index in [4.69, 9.17) is 0 Å². The van der Waals surface area contributed by atoms with Gasteiger partial charge in [-0.1, -0.05) is 18.2 Å². The Balaban J connectivity index is 1.75. The van der Waals surface area contributed by atoms with E-state index in [0.29, 0.717) is 12.8 Å². The molecular formula is C14H17N3O2. The van der Waals surface area contributed by atoms with Crippen LogP contribution in [0.15, 0.2) is 24.3 Å². The lowest BCUT2D eigenvalue weighted by atomic mass is 9.87. The Morgan fingerprint density at radius 1 is 1.16 bits per heavy atom. The van der Waals surface area contributed by atoms with Crippen LogP contribution in [-0.4, -0.2) is 30.6 Å². The van der Waals surface area contributed by atoms with Crippen LogP contribution >= 0.6 is 0 Å². The van der Waals surface area contributed by atoms with Gasteiger partial charge in [0, 0.05) is 18.8 Å². The number of carbonyl (C=O) groups excluding carboxylic acids is 2. The van der Waals surface area contributed by atoms with Gasteiger partial charge in [-0.2, -0.15) is 0 Å². The van der Waals surface area contributed by atoms with Crippen LogP contribution < -0.4 is 15.5 Å². The largest absolute Gasteiger partial charge is 0.371 e. The number of urea groups is 1. The Morgan fingerprint density at radius 2 is 1.84 bits per heavy atom. The van der Waals surface area contributed by atoms with Crippen LogP contribution in [0.5, 0.6) is 0 Å². The second-order valence-corrected chi connectivity index (χ2v) is 5.26. The minimum Gasteiger partial charge on any atom is -0.371 e. The summed E-state index contributed by atoms with van der Waals surface area (Å²) in [6.45, 7) is 3.64. The van der Waals surface area contributed by atoms with Gasteiger partial charge in [-0.05, 0) is 31.4 Å². The summed E-state index contributed by atoms with van der Waals surface area (Å²) in [7, 11) is 0. The first-order valence-corrected chi connectivity index (χ1v) is 6.55. The van der Waals surface area contributed by atoms with Gasteiger partial charge in [-0.15, -0.1) is 0 Å². The summed E-state index contributed by atoms with van der Waals surface area (Å²) in [5, 5.41) is 5.12. The Hall–Kier alpha value is -2.04. The Bertz CT molecular complexity index is 533. The number of hydrogen-bond donors (Lipinski definition) is 2. The van der Waals surface area contributed by atoms with E-state index in [1.165, 1.54) is 11.3 Å². The number of rotatable bonds is 1. The zero-order valence-corrected chi connectivity index (χ0v) is 10.9. The monoisotopic (exact) mass is 259 g/mol. The molecule has 1 spiro atoms. The fraction of sp³-hybridized carbons (Fsp3) is 0.429. The van der Waals surface area contributed by atoms with Gasteiger partial charge in [-0.25, -0.2) is 4.79 Å². The van der Waals surface area contributed by atoms with Crippen molar-refractivity contribution in [3.05, 3.63) is 29.8 Å². The summed E-state index contributed by atoms with van der Waals surface area (Å²) in [4.78, 5) is 25.4. The molecule has 0 unspecified atom stereocenters. The summed E-state index contributed by atoms with van der Waals surface area (Å²) in [6.07, 6.45) is 1.30. The molecule has 2 fully saturated rings. The number of aryl methyl sites for hydroxylation is 1. The predicted molar refractivity (Wildman–Crippen MR) is 72.0 cm³/mol. The zero-order chi connectivity index (χ0) is 13.5. The molecule has 0 aromatic heterocycles. The number of imide groups is 1. The molecule has 5 nitrogen and oxygen atoms in total. The van der Waals surface area contributed by atoms with Crippen molar-refractivity contribution in [1.82, 2.24) is 10.6 Å². The number of carbonyl (C=O) groups is 2. The van der Waals surface area contributed by atoms with Gasteiger partial charge in [0.15, 0.2) is 0 Å². The van der Waals surface area contributed by atoms with Crippen molar-refractivity contribution in [3.63, 3.8) is 0 Å². The SMILES string of the molecule is Cc1ccccc1N1CCC2(CC1)NC(=O)NC2=O. The fourth-order valence-electron chi connectivity index (χ4n) is 2.93. The lowest BCUT2D eigenvalue weighted by molar-refractivity contribution is -0.124. The van der Waals surface area contributed by atoms with E-state index < -0.39 is 5.54 Å². The van der Waals surface area contributed by atoms with Crippen LogP contribution in [0.1, 0.15) is 18.4 Å². The average molecular weight is 259 g/mol. The van der Waals surface area contributed by atoms with Crippen LogP contribution in [0.2, 0.25) is 0 Å². The molecule has 100 valence electrons. The van der Waals surface area contributed by atoms with Crippen LogP contribution in [-0.2, 0) is 4.79 Å². The van der Waals surface area contributed by atoms with E-state index >= 15 is 0 Å². The molecule has 2 N–H and O–H groups in total. The Kier molecular flexibility index (Phi) is 2.69. The molecule has 0 radical (unpaired) electrons. The summed E-state index contributed by atoms with van der Waals surface area (Å²) < 4.78 is 0. The standard InChI is InChI=1S/C14H17N3O2/c1-10-4-2-3-5-11(10)17-8-6-14(7-9-17)12(18)15-13(19)16-14/h2-5H,6-9H2,1H3,(H2,15,16,18,19). The van der Waals surface area contributed by atoms with Crippen molar-refractivity contribution in [2.45, 2.75) is 25.3 Å². The highest BCUT2D eigenvalue weighted by Crippen LogP contribution is 2.29. The number of benzene rings is 1. The van der Waals surface area contributed by atoms with Crippen molar-refractivity contribution in [2.24, 2.45) is 0 Å². The van der Waals surface area contributed by atoms with Gasteiger partial charge in [0.1, 0.15) is 5.54 Å². The highest BCUT2D eigenvalue weighted by atomic mass is 16.2. The molecular weight excluding hydrogens is 242 g/mol. The fourth-order valence-corrected chi connectivity index (χ4v) is 2.93. The second-order valence-electron chi connectivity index (χ2n) is 5.26. The van der Waals surface area contributed by atoms with Gasteiger partial charge in [0.05, 0.1) is 0 Å². The summed E-state index contributed by atoms with van der Waals surface area (Å²) in [5.41, 5.74) is 1.76. The molecule has 5 heteroatoms. The smallest absolute Gasteiger partial charge is 0.322 e. The normalized spacial score (nSPS) is 21.4. The third-order valence-electron chi connectivity index (χ3n) is 4.09. The van der Waals surface area contributed by atoms with E-state index in [2.05, 4.69) is 34.6 Å². The first kappa shape index (κ1) is 12.0. The number of piperidine rings is 1. The molecule has 0 aliphatic carbocycles. The molecule has 19 heavy (non-hydrogen) atoms. The van der Waals surface area contributed by atoms with Crippen molar-refractivity contribution in [3.8, 4) is 0 Å². The van der Waals surface area contributed by atoms with Crippen molar-refractivity contribution in [2.75, 3.05) is 18.0 Å². The van der Waals surface area contributed by atoms with Crippen LogP contribution in [0.4, 0.5) is 10.5 Å². The number of nitrogens with one attached hydrogen (secondary N) is 2. The van der Waals surface area contributed by atoms with Gasteiger partial charge >= 0.3 is 6.03 Å². The maximum Gasteiger partial charge on any atom is 0.322 e. The first-order chi connectivity index (χ1) is 9.11. The maximum atomic E-state index is 11.9. The molecule has 1 aromatic rings. The maximum absolute atomic E-state index is 11.9. The van der Waals surface area contributed by atoms with Crippen LogP contribution in [0.3, 0.4) is 0 Å². The second kappa shape index (κ2) is 4.26. The molecule has 1 aromatic carbocycles. The summed E-state index contributed by atoms with van der Waals surface area (Å²) in [6, 6.07) is 7.87. The van der Waals surface area contributed by atoms with E-state index in [1.807, 2.05) is 12.1 Å². The Morgan fingerprint density at radius 3 is 2.42 bits per heavy atom. The lowest BCUT2D eigenvalue weighted by Crippen LogP contribution is -2.55. The molecule has 2 aliphatic rings. The predicted octanol–water partition coefficient (Wildman–Crippen LogP) is 1.17. The van der Waals surface area contributed by atoms with Crippen molar-refractivity contribution < 1.29 is 9.59 Å². The minimum absolute atomic E-state index is 0.179. The number of hydrogen-bond acceptors (Lipinski definition) is 3. The number of nitrogens with zero attached hydrogens (tertiary/aromatic N) is 1. The molecule has 0 atom stereocenters. The molecule has 0 bridgehead atoms. The topological polar surface area (TPSA) is 61.4 Å². The molecule has 2 saturated heterocycles. The van der Waals surface area contributed by atoms with Crippen molar-refractivity contribution >= 4 is 17.6 Å². The quantitative estimate of drug-likeness (QED) is 0.744. The molecule has 2 aliphatic heterocycles. The molecule has 0 saturated carbocycles. The minimum atomic E-state index is -0.684. The van der Waals surface area contributed by atoms with E-state index in [9.17, 15) is 9.59 Å².